The normalized spacial score (nSPS) is 17.8. The van der Waals surface area contributed by atoms with Gasteiger partial charge in [-0.2, -0.15) is 10.1 Å². The first-order valence-electron chi connectivity index (χ1n) is 7.27. The van der Waals surface area contributed by atoms with Gasteiger partial charge in [-0.25, -0.2) is 8.42 Å². The van der Waals surface area contributed by atoms with Gasteiger partial charge in [-0.3, -0.25) is 4.79 Å². The zero-order valence-electron chi connectivity index (χ0n) is 13.2. The molecule has 1 atom stereocenters. The van der Waals surface area contributed by atoms with Gasteiger partial charge in [-0.05, 0) is 43.3 Å². The van der Waals surface area contributed by atoms with Gasteiger partial charge in [-0.1, -0.05) is 18.2 Å². The second-order valence-electron chi connectivity index (χ2n) is 5.47. The molecule has 1 amide bonds. The van der Waals surface area contributed by atoms with E-state index in [4.69, 9.17) is 4.74 Å². The molecule has 0 N–H and O–H groups in total. The lowest BCUT2D eigenvalue weighted by Gasteiger charge is -2.15. The third kappa shape index (κ3) is 3.16. The number of anilines is 1. The molecule has 0 spiro atoms. The fourth-order valence-electron chi connectivity index (χ4n) is 2.34. The first-order chi connectivity index (χ1) is 11.4. The molecule has 1 heterocycles. The Morgan fingerprint density at radius 1 is 1.04 bits per heavy atom. The predicted octanol–water partition coefficient (Wildman–Crippen LogP) is 2.26. The number of para-hydroxylation sites is 1. The summed E-state index contributed by atoms with van der Waals surface area (Å²) in [5.41, 5.74) is 1.21. The summed E-state index contributed by atoms with van der Waals surface area (Å²) in [6.07, 6.45) is 0.312. The van der Waals surface area contributed by atoms with Gasteiger partial charge in [0.2, 0.25) is 6.10 Å². The summed E-state index contributed by atoms with van der Waals surface area (Å²) in [5, 5.41) is 5.56. The van der Waals surface area contributed by atoms with E-state index in [1.807, 2.05) is 18.2 Å². The Morgan fingerprint density at radius 2 is 1.67 bits per heavy atom. The van der Waals surface area contributed by atoms with Crippen molar-refractivity contribution in [3.63, 3.8) is 0 Å². The van der Waals surface area contributed by atoms with Gasteiger partial charge in [0.1, 0.15) is 5.75 Å². The lowest BCUT2D eigenvalue weighted by molar-refractivity contribution is -0.121. The van der Waals surface area contributed by atoms with E-state index < -0.39 is 15.9 Å². The van der Waals surface area contributed by atoms with Gasteiger partial charge in [0.05, 0.1) is 16.3 Å². The number of hydrazone groups is 1. The SMILES string of the molecule is CC1=NN(c2ccccc2)C(=O)C1Oc1ccc(S(C)(=O)=O)cc1. The molecule has 0 saturated carbocycles. The highest BCUT2D eigenvalue weighted by molar-refractivity contribution is 7.90. The Kier molecular flexibility index (Phi) is 4.11. The van der Waals surface area contributed by atoms with Gasteiger partial charge in [0.15, 0.2) is 9.84 Å². The van der Waals surface area contributed by atoms with Crippen molar-refractivity contribution in [2.45, 2.75) is 17.9 Å². The van der Waals surface area contributed by atoms with Crippen molar-refractivity contribution in [3.05, 3.63) is 54.6 Å². The van der Waals surface area contributed by atoms with Crippen LogP contribution in [0.5, 0.6) is 5.75 Å². The quantitative estimate of drug-likeness (QED) is 0.852. The number of carbonyl (C=O) groups is 1. The molecule has 124 valence electrons. The topological polar surface area (TPSA) is 76.0 Å². The van der Waals surface area contributed by atoms with Crippen LogP contribution in [0.3, 0.4) is 0 Å². The number of nitrogens with zero attached hydrogens (tertiary/aromatic N) is 2. The number of hydrogen-bond acceptors (Lipinski definition) is 5. The summed E-state index contributed by atoms with van der Waals surface area (Å²) < 4.78 is 28.6. The number of amides is 1. The van der Waals surface area contributed by atoms with Crippen molar-refractivity contribution in [1.82, 2.24) is 0 Å². The maximum atomic E-state index is 12.5. The molecule has 2 aromatic rings. The monoisotopic (exact) mass is 344 g/mol. The van der Waals surface area contributed by atoms with E-state index in [1.54, 1.807) is 19.1 Å². The van der Waals surface area contributed by atoms with Crippen LogP contribution >= 0.6 is 0 Å². The summed E-state index contributed by atoms with van der Waals surface area (Å²) >= 11 is 0. The summed E-state index contributed by atoms with van der Waals surface area (Å²) in [6, 6.07) is 15.0. The summed E-state index contributed by atoms with van der Waals surface area (Å²) in [5.74, 6) is 0.121. The average Bonchev–Trinajstić information content (AvgIpc) is 2.83. The molecular weight excluding hydrogens is 328 g/mol. The molecule has 0 fully saturated rings. The molecule has 6 nitrogen and oxygen atoms in total. The summed E-state index contributed by atoms with van der Waals surface area (Å²) in [6.45, 7) is 1.72. The van der Waals surface area contributed by atoms with Crippen LogP contribution in [0.15, 0.2) is 64.6 Å². The number of carbonyl (C=O) groups excluding carboxylic acids is 1. The maximum Gasteiger partial charge on any atom is 0.294 e. The minimum absolute atomic E-state index is 0.198. The Balaban J connectivity index is 1.79. The fraction of sp³-hybridized carbons (Fsp3) is 0.176. The second kappa shape index (κ2) is 6.09. The van der Waals surface area contributed by atoms with Crippen LogP contribution in [0, 0.1) is 0 Å². The highest BCUT2D eigenvalue weighted by Gasteiger charge is 2.36. The Morgan fingerprint density at radius 3 is 2.25 bits per heavy atom. The molecule has 0 aromatic heterocycles. The van der Waals surface area contributed by atoms with E-state index in [2.05, 4.69) is 5.10 Å². The third-order valence-corrected chi connectivity index (χ3v) is 4.71. The van der Waals surface area contributed by atoms with Crippen molar-refractivity contribution in [2.24, 2.45) is 5.10 Å². The summed E-state index contributed by atoms with van der Waals surface area (Å²) in [7, 11) is -3.27. The first kappa shape index (κ1) is 16.2. The Bertz CT molecular complexity index is 890. The second-order valence-corrected chi connectivity index (χ2v) is 7.48. The first-order valence-corrected chi connectivity index (χ1v) is 9.16. The van der Waals surface area contributed by atoms with Crippen LogP contribution in [0.4, 0.5) is 5.69 Å². The van der Waals surface area contributed by atoms with Crippen LogP contribution in [0.25, 0.3) is 0 Å². The smallest absolute Gasteiger partial charge is 0.294 e. The molecule has 24 heavy (non-hydrogen) atoms. The number of rotatable bonds is 4. The lowest BCUT2D eigenvalue weighted by atomic mass is 10.2. The van der Waals surface area contributed by atoms with E-state index in [1.165, 1.54) is 29.3 Å². The van der Waals surface area contributed by atoms with Gasteiger partial charge in [0, 0.05) is 6.26 Å². The van der Waals surface area contributed by atoms with Gasteiger partial charge in [0.25, 0.3) is 5.91 Å². The Labute approximate surface area is 140 Å². The minimum Gasteiger partial charge on any atom is -0.474 e. The average molecular weight is 344 g/mol. The molecule has 2 aromatic carbocycles. The minimum atomic E-state index is -3.27. The van der Waals surface area contributed by atoms with Gasteiger partial charge >= 0.3 is 0 Å². The van der Waals surface area contributed by atoms with Crippen LogP contribution in [0.1, 0.15) is 6.92 Å². The Hall–Kier alpha value is -2.67. The lowest BCUT2D eigenvalue weighted by Crippen LogP contribution is -2.35. The summed E-state index contributed by atoms with van der Waals surface area (Å²) in [4.78, 5) is 12.7. The van der Waals surface area contributed by atoms with Crippen LogP contribution in [-0.2, 0) is 14.6 Å². The number of ether oxygens (including phenoxy) is 1. The largest absolute Gasteiger partial charge is 0.474 e. The fourth-order valence-corrected chi connectivity index (χ4v) is 2.97. The van der Waals surface area contributed by atoms with E-state index in [0.717, 1.165) is 6.26 Å². The van der Waals surface area contributed by atoms with Crippen molar-refractivity contribution in [1.29, 1.82) is 0 Å². The van der Waals surface area contributed by atoms with Crippen molar-refractivity contribution in [3.8, 4) is 5.75 Å². The zero-order valence-corrected chi connectivity index (χ0v) is 14.0. The highest BCUT2D eigenvalue weighted by atomic mass is 32.2. The molecule has 0 bridgehead atoms. The van der Waals surface area contributed by atoms with Crippen molar-refractivity contribution >= 4 is 27.1 Å². The van der Waals surface area contributed by atoms with Gasteiger partial charge in [-0.15, -0.1) is 0 Å². The van der Waals surface area contributed by atoms with E-state index >= 15 is 0 Å². The molecule has 3 rings (SSSR count). The zero-order chi connectivity index (χ0) is 17.3. The van der Waals surface area contributed by atoms with Gasteiger partial charge < -0.3 is 4.74 Å². The number of sulfone groups is 1. The number of hydrogen-bond donors (Lipinski definition) is 0. The molecule has 1 unspecified atom stereocenters. The highest BCUT2D eigenvalue weighted by Crippen LogP contribution is 2.24. The third-order valence-electron chi connectivity index (χ3n) is 3.58. The van der Waals surface area contributed by atoms with Crippen molar-refractivity contribution < 1.29 is 17.9 Å². The number of benzene rings is 2. The van der Waals surface area contributed by atoms with E-state index in [-0.39, 0.29) is 10.8 Å². The molecule has 7 heteroatoms. The van der Waals surface area contributed by atoms with Crippen LogP contribution in [0.2, 0.25) is 0 Å². The maximum absolute atomic E-state index is 12.5. The molecular formula is C17H16N2O4S. The van der Waals surface area contributed by atoms with Crippen molar-refractivity contribution in [2.75, 3.05) is 11.3 Å². The van der Waals surface area contributed by atoms with E-state index in [0.29, 0.717) is 17.1 Å². The molecule has 0 saturated heterocycles. The van der Waals surface area contributed by atoms with Crippen LogP contribution in [-0.4, -0.2) is 32.4 Å². The predicted molar refractivity (Wildman–Crippen MR) is 91.0 cm³/mol. The molecule has 1 aliphatic rings. The van der Waals surface area contributed by atoms with Crippen LogP contribution < -0.4 is 9.75 Å². The molecule has 0 radical (unpaired) electrons. The standard InChI is InChI=1S/C17H16N2O4S/c1-12-16(17(20)19(18-12)13-6-4-3-5-7-13)23-14-8-10-15(11-9-14)24(2,21)22/h3-11,16H,1-2H3. The molecule has 1 aliphatic heterocycles. The van der Waals surface area contributed by atoms with E-state index in [9.17, 15) is 13.2 Å². The molecule has 0 aliphatic carbocycles.